The first kappa shape index (κ1) is 13.5. The Hall–Kier alpha value is -1.92. The van der Waals surface area contributed by atoms with E-state index in [4.69, 9.17) is 4.74 Å². The summed E-state index contributed by atoms with van der Waals surface area (Å²) in [4.78, 5) is 15.8. The van der Waals surface area contributed by atoms with Crippen molar-refractivity contribution in [2.45, 2.75) is 13.5 Å². The normalized spacial score (nSPS) is 10.2. The zero-order valence-corrected chi connectivity index (χ0v) is 11.2. The fraction of sp³-hybridized carbons (Fsp3) is 0.231. The van der Waals surface area contributed by atoms with Gasteiger partial charge < -0.3 is 15.2 Å². The van der Waals surface area contributed by atoms with Gasteiger partial charge in [0.05, 0.1) is 18.7 Å². The van der Waals surface area contributed by atoms with Crippen molar-refractivity contribution in [1.29, 1.82) is 0 Å². The quantitative estimate of drug-likeness (QED) is 0.880. The number of amides is 1. The molecule has 0 saturated heterocycles. The van der Waals surface area contributed by atoms with Crippen LogP contribution >= 0.6 is 11.3 Å². The summed E-state index contributed by atoms with van der Waals surface area (Å²) in [6.45, 7) is 2.26. The number of ether oxygens (including phenoxy) is 1. The molecule has 2 N–H and O–H groups in total. The fourth-order valence-electron chi connectivity index (χ4n) is 1.60. The number of carbonyl (C=O) groups excluding carboxylic acids is 1. The molecule has 1 amide bonds. The van der Waals surface area contributed by atoms with Crippen molar-refractivity contribution in [3.8, 4) is 5.75 Å². The molecule has 0 bridgehead atoms. The molecule has 2 aromatic rings. The Kier molecular flexibility index (Phi) is 4.48. The lowest BCUT2D eigenvalue weighted by Gasteiger charge is -2.10. The molecule has 0 aliphatic heterocycles. The number of anilines is 1. The van der Waals surface area contributed by atoms with Gasteiger partial charge in [-0.1, -0.05) is 0 Å². The minimum absolute atomic E-state index is 0.143. The van der Waals surface area contributed by atoms with Crippen LogP contribution in [0, 0.1) is 0 Å². The summed E-state index contributed by atoms with van der Waals surface area (Å²) in [5.41, 5.74) is 3.22. The number of aliphatic hydroxyl groups excluding tert-OH is 1. The van der Waals surface area contributed by atoms with Crippen molar-refractivity contribution in [3.63, 3.8) is 0 Å². The van der Waals surface area contributed by atoms with E-state index in [1.54, 1.807) is 29.1 Å². The van der Waals surface area contributed by atoms with Crippen LogP contribution in [0.1, 0.15) is 23.0 Å². The number of thiazole rings is 1. The molecular weight excluding hydrogens is 264 g/mol. The minimum atomic E-state index is -0.269. The molecule has 0 radical (unpaired) electrons. The lowest BCUT2D eigenvalue weighted by molar-refractivity contribution is 0.102. The maximum atomic E-state index is 11.8. The first-order valence-electron chi connectivity index (χ1n) is 5.80. The number of benzene rings is 1. The second kappa shape index (κ2) is 6.31. The van der Waals surface area contributed by atoms with Crippen molar-refractivity contribution in [2.75, 3.05) is 11.9 Å². The van der Waals surface area contributed by atoms with Crippen LogP contribution in [0.3, 0.4) is 0 Å². The van der Waals surface area contributed by atoms with Crippen LogP contribution in [0.4, 0.5) is 5.69 Å². The van der Waals surface area contributed by atoms with Crippen molar-refractivity contribution in [2.24, 2.45) is 0 Å². The predicted octanol–water partition coefficient (Wildman–Crippen LogP) is 2.29. The van der Waals surface area contributed by atoms with Gasteiger partial charge in [0.1, 0.15) is 11.4 Å². The Morgan fingerprint density at radius 1 is 1.53 bits per heavy atom. The monoisotopic (exact) mass is 278 g/mol. The summed E-state index contributed by atoms with van der Waals surface area (Å²) in [6.07, 6.45) is 0. The lowest BCUT2D eigenvalue weighted by Crippen LogP contribution is -2.12. The topological polar surface area (TPSA) is 71.5 Å². The number of aromatic nitrogens is 1. The van der Waals surface area contributed by atoms with Crippen molar-refractivity contribution in [1.82, 2.24) is 4.98 Å². The third kappa shape index (κ3) is 3.30. The first-order valence-corrected chi connectivity index (χ1v) is 6.75. The molecule has 2 rings (SSSR count). The number of nitrogens with one attached hydrogen (secondary N) is 1. The van der Waals surface area contributed by atoms with E-state index in [-0.39, 0.29) is 12.5 Å². The zero-order chi connectivity index (χ0) is 13.7. The second-order valence-electron chi connectivity index (χ2n) is 3.74. The third-order valence-electron chi connectivity index (χ3n) is 2.45. The standard InChI is InChI=1S/C13H14N2O3S/c1-2-18-12-4-3-10(5-9(12)6-16)15-13(17)11-7-19-8-14-11/h3-5,7-8,16H,2,6H2,1H3,(H,15,17). The zero-order valence-electron chi connectivity index (χ0n) is 10.4. The van der Waals surface area contributed by atoms with E-state index in [1.165, 1.54) is 11.3 Å². The minimum Gasteiger partial charge on any atom is -0.494 e. The number of hydrogen-bond acceptors (Lipinski definition) is 5. The van der Waals surface area contributed by atoms with E-state index in [9.17, 15) is 9.90 Å². The molecular formula is C13H14N2O3S. The largest absolute Gasteiger partial charge is 0.494 e. The van der Waals surface area contributed by atoms with Crippen molar-refractivity contribution >= 4 is 22.9 Å². The van der Waals surface area contributed by atoms with Gasteiger partial charge in [-0.05, 0) is 25.1 Å². The summed E-state index contributed by atoms with van der Waals surface area (Å²) in [7, 11) is 0. The van der Waals surface area contributed by atoms with Gasteiger partial charge in [-0.15, -0.1) is 11.3 Å². The molecule has 0 fully saturated rings. The molecule has 0 unspecified atom stereocenters. The molecule has 1 aromatic heterocycles. The molecule has 0 atom stereocenters. The molecule has 0 saturated carbocycles. The van der Waals surface area contributed by atoms with Gasteiger partial charge in [0, 0.05) is 16.6 Å². The van der Waals surface area contributed by atoms with Gasteiger partial charge in [-0.3, -0.25) is 4.79 Å². The van der Waals surface area contributed by atoms with E-state index < -0.39 is 0 Å². The third-order valence-corrected chi connectivity index (χ3v) is 3.04. The lowest BCUT2D eigenvalue weighted by atomic mass is 10.2. The maximum absolute atomic E-state index is 11.8. The van der Waals surface area contributed by atoms with E-state index in [2.05, 4.69) is 10.3 Å². The molecule has 19 heavy (non-hydrogen) atoms. The van der Waals surface area contributed by atoms with E-state index >= 15 is 0 Å². The van der Waals surface area contributed by atoms with Crippen LogP contribution in [0.5, 0.6) is 5.75 Å². The predicted molar refractivity (Wildman–Crippen MR) is 73.6 cm³/mol. The SMILES string of the molecule is CCOc1ccc(NC(=O)c2cscn2)cc1CO. The van der Waals surface area contributed by atoms with Crippen LogP contribution in [0.15, 0.2) is 29.1 Å². The number of carbonyl (C=O) groups is 1. The van der Waals surface area contributed by atoms with Crippen LogP contribution < -0.4 is 10.1 Å². The number of rotatable bonds is 5. The fourth-order valence-corrected chi connectivity index (χ4v) is 2.13. The van der Waals surface area contributed by atoms with Crippen LogP contribution in [0.25, 0.3) is 0 Å². The average Bonchev–Trinajstić information content (AvgIpc) is 2.94. The highest BCUT2D eigenvalue weighted by Crippen LogP contribution is 2.23. The Balaban J connectivity index is 2.15. The first-order chi connectivity index (χ1) is 9.24. The summed E-state index contributed by atoms with van der Waals surface area (Å²) in [6, 6.07) is 5.15. The highest BCUT2D eigenvalue weighted by Gasteiger charge is 2.10. The number of hydrogen-bond donors (Lipinski definition) is 2. The molecule has 0 aliphatic carbocycles. The number of aliphatic hydroxyl groups is 1. The Morgan fingerprint density at radius 3 is 3.00 bits per heavy atom. The van der Waals surface area contributed by atoms with Crippen molar-refractivity contribution < 1.29 is 14.6 Å². The molecule has 6 heteroatoms. The molecule has 1 aromatic carbocycles. The maximum Gasteiger partial charge on any atom is 0.275 e. The van der Waals surface area contributed by atoms with Crippen LogP contribution in [-0.4, -0.2) is 22.6 Å². The van der Waals surface area contributed by atoms with Gasteiger partial charge in [0.2, 0.25) is 0 Å². The smallest absolute Gasteiger partial charge is 0.275 e. The van der Waals surface area contributed by atoms with Gasteiger partial charge in [0.15, 0.2) is 0 Å². The molecule has 1 heterocycles. The second-order valence-corrected chi connectivity index (χ2v) is 4.46. The highest BCUT2D eigenvalue weighted by atomic mass is 32.1. The van der Waals surface area contributed by atoms with Crippen LogP contribution in [0.2, 0.25) is 0 Å². The van der Waals surface area contributed by atoms with E-state index in [1.807, 2.05) is 6.92 Å². The van der Waals surface area contributed by atoms with Gasteiger partial charge in [0.25, 0.3) is 5.91 Å². The average molecular weight is 278 g/mol. The van der Waals surface area contributed by atoms with E-state index in [0.29, 0.717) is 29.3 Å². The Bertz CT molecular complexity index is 555. The van der Waals surface area contributed by atoms with Gasteiger partial charge >= 0.3 is 0 Å². The summed E-state index contributed by atoms with van der Waals surface area (Å²) in [5, 5.41) is 13.7. The molecule has 0 aliphatic rings. The van der Waals surface area contributed by atoms with E-state index in [0.717, 1.165) is 0 Å². The summed E-state index contributed by atoms with van der Waals surface area (Å²) >= 11 is 1.36. The van der Waals surface area contributed by atoms with Gasteiger partial charge in [-0.2, -0.15) is 0 Å². The highest BCUT2D eigenvalue weighted by molar-refractivity contribution is 7.07. The molecule has 100 valence electrons. The Morgan fingerprint density at radius 2 is 2.37 bits per heavy atom. The van der Waals surface area contributed by atoms with Crippen LogP contribution in [-0.2, 0) is 6.61 Å². The number of nitrogens with zero attached hydrogens (tertiary/aromatic N) is 1. The summed E-state index contributed by atoms with van der Waals surface area (Å²) < 4.78 is 5.38. The Labute approximate surface area is 114 Å². The molecule has 0 spiro atoms. The molecule has 5 nitrogen and oxygen atoms in total. The van der Waals surface area contributed by atoms with Crippen molar-refractivity contribution in [3.05, 3.63) is 40.3 Å². The summed E-state index contributed by atoms with van der Waals surface area (Å²) in [5.74, 6) is 0.353. The van der Waals surface area contributed by atoms with Gasteiger partial charge in [-0.25, -0.2) is 4.98 Å².